The van der Waals surface area contributed by atoms with E-state index in [1.165, 1.54) is 45.8 Å². The van der Waals surface area contributed by atoms with Gasteiger partial charge in [0.25, 0.3) is 0 Å². The number of fused-ring (bicyclic) bond motifs is 2. The zero-order valence-electron chi connectivity index (χ0n) is 12.0. The minimum atomic E-state index is 0.169. The maximum atomic E-state index is 8.65. The fourth-order valence-corrected chi connectivity index (χ4v) is 2.34. The van der Waals surface area contributed by atoms with Gasteiger partial charge in [-0.3, -0.25) is 0 Å². The molecule has 0 amide bonds. The molecule has 0 aliphatic heterocycles. The van der Waals surface area contributed by atoms with Crippen molar-refractivity contribution in [1.29, 1.82) is 0 Å². The minimum absolute atomic E-state index is 0.169. The van der Waals surface area contributed by atoms with E-state index < -0.39 is 0 Å². The van der Waals surface area contributed by atoms with Crippen molar-refractivity contribution in [3.05, 3.63) is 84.9 Å². The SMILES string of the molecule is Oc1ccc(O)cc1.c1ccc2cc3ccccc3cc2c1. The molecule has 0 aromatic heterocycles. The molecule has 4 aromatic rings. The van der Waals surface area contributed by atoms with Crippen LogP contribution in [0.2, 0.25) is 0 Å². The van der Waals surface area contributed by atoms with E-state index in [0.29, 0.717) is 0 Å². The number of rotatable bonds is 0. The van der Waals surface area contributed by atoms with Gasteiger partial charge in [0.05, 0.1) is 0 Å². The summed E-state index contributed by atoms with van der Waals surface area (Å²) in [4.78, 5) is 0. The molecule has 2 nitrogen and oxygen atoms in total. The van der Waals surface area contributed by atoms with Gasteiger partial charge in [-0.05, 0) is 57.9 Å². The molecule has 0 radical (unpaired) electrons. The van der Waals surface area contributed by atoms with Crippen molar-refractivity contribution >= 4 is 21.5 Å². The van der Waals surface area contributed by atoms with Crippen LogP contribution in [-0.2, 0) is 0 Å². The van der Waals surface area contributed by atoms with Crippen LogP contribution in [0.1, 0.15) is 0 Å². The van der Waals surface area contributed by atoms with Crippen LogP contribution in [0.25, 0.3) is 21.5 Å². The van der Waals surface area contributed by atoms with Crippen molar-refractivity contribution in [3.8, 4) is 11.5 Å². The molecular weight excluding hydrogens is 272 g/mol. The van der Waals surface area contributed by atoms with Gasteiger partial charge in [-0.2, -0.15) is 0 Å². The first-order chi connectivity index (χ1) is 10.7. The van der Waals surface area contributed by atoms with Crippen LogP contribution < -0.4 is 0 Å². The summed E-state index contributed by atoms with van der Waals surface area (Å²) in [6, 6.07) is 27.1. The third-order valence-corrected chi connectivity index (χ3v) is 3.46. The molecular formula is C20H16O2. The smallest absolute Gasteiger partial charge is 0.115 e. The molecule has 2 N–H and O–H groups in total. The summed E-state index contributed by atoms with van der Waals surface area (Å²) in [6.45, 7) is 0. The zero-order chi connectivity index (χ0) is 15.4. The Morgan fingerprint density at radius 3 is 0.955 bits per heavy atom. The summed E-state index contributed by atoms with van der Waals surface area (Å²) >= 11 is 0. The first-order valence-corrected chi connectivity index (χ1v) is 7.08. The maximum Gasteiger partial charge on any atom is 0.115 e. The first kappa shape index (κ1) is 14.0. The van der Waals surface area contributed by atoms with E-state index in [0.717, 1.165) is 0 Å². The Labute approximate surface area is 128 Å². The highest BCUT2D eigenvalue weighted by molar-refractivity contribution is 5.98. The number of benzene rings is 4. The second kappa shape index (κ2) is 6.19. The number of phenols is 2. The van der Waals surface area contributed by atoms with E-state index in [1.54, 1.807) is 0 Å². The molecule has 0 bridgehead atoms. The number of hydrogen-bond acceptors (Lipinski definition) is 2. The van der Waals surface area contributed by atoms with Crippen LogP contribution in [0.15, 0.2) is 84.9 Å². The van der Waals surface area contributed by atoms with Crippen molar-refractivity contribution in [2.75, 3.05) is 0 Å². The lowest BCUT2D eigenvalue weighted by atomic mass is 10.0. The van der Waals surface area contributed by atoms with Crippen LogP contribution in [0.3, 0.4) is 0 Å². The molecule has 0 saturated heterocycles. The van der Waals surface area contributed by atoms with Crippen molar-refractivity contribution < 1.29 is 10.2 Å². The molecule has 22 heavy (non-hydrogen) atoms. The van der Waals surface area contributed by atoms with Crippen molar-refractivity contribution in [3.63, 3.8) is 0 Å². The Kier molecular flexibility index (Phi) is 3.92. The third-order valence-electron chi connectivity index (χ3n) is 3.46. The second-order valence-corrected chi connectivity index (χ2v) is 5.06. The molecule has 4 rings (SSSR count). The molecule has 0 unspecified atom stereocenters. The summed E-state index contributed by atoms with van der Waals surface area (Å²) < 4.78 is 0. The monoisotopic (exact) mass is 288 g/mol. The van der Waals surface area contributed by atoms with E-state index in [1.807, 2.05) is 0 Å². The lowest BCUT2D eigenvalue weighted by Crippen LogP contribution is -1.74. The van der Waals surface area contributed by atoms with Crippen molar-refractivity contribution in [1.82, 2.24) is 0 Å². The maximum absolute atomic E-state index is 8.65. The van der Waals surface area contributed by atoms with Crippen molar-refractivity contribution in [2.45, 2.75) is 0 Å². The minimum Gasteiger partial charge on any atom is -0.508 e. The number of hydrogen-bond donors (Lipinski definition) is 2. The van der Waals surface area contributed by atoms with E-state index in [4.69, 9.17) is 10.2 Å². The normalized spacial score (nSPS) is 10.2. The van der Waals surface area contributed by atoms with Gasteiger partial charge in [-0.1, -0.05) is 48.5 Å². The second-order valence-electron chi connectivity index (χ2n) is 5.06. The van der Waals surface area contributed by atoms with Crippen LogP contribution >= 0.6 is 0 Å². The van der Waals surface area contributed by atoms with Crippen molar-refractivity contribution in [2.24, 2.45) is 0 Å². The van der Waals surface area contributed by atoms with Crippen LogP contribution in [-0.4, -0.2) is 10.2 Å². The molecule has 0 aliphatic carbocycles. The largest absolute Gasteiger partial charge is 0.508 e. The third kappa shape index (κ3) is 3.18. The molecule has 0 aliphatic rings. The van der Waals surface area contributed by atoms with E-state index in [9.17, 15) is 0 Å². The summed E-state index contributed by atoms with van der Waals surface area (Å²) in [7, 11) is 0. The lowest BCUT2D eigenvalue weighted by molar-refractivity contribution is 0.460. The molecule has 0 atom stereocenters. The Bertz CT molecular complexity index is 770. The summed E-state index contributed by atoms with van der Waals surface area (Å²) in [5.41, 5.74) is 0. The van der Waals surface area contributed by atoms with E-state index in [2.05, 4.69) is 60.7 Å². The quantitative estimate of drug-likeness (QED) is 0.349. The summed E-state index contributed by atoms with van der Waals surface area (Å²) in [5.74, 6) is 0.339. The highest BCUT2D eigenvalue weighted by Gasteiger charge is 1.95. The molecule has 0 saturated carbocycles. The molecule has 0 spiro atoms. The summed E-state index contributed by atoms with van der Waals surface area (Å²) in [6.07, 6.45) is 0. The standard InChI is InChI=1S/C14H10.C6H6O2/c1-2-6-12-10-14-8-4-3-7-13(14)9-11(12)5-1;7-5-1-2-6(8)4-3-5/h1-10H;1-4,7-8H. The Morgan fingerprint density at radius 2 is 0.682 bits per heavy atom. The first-order valence-electron chi connectivity index (χ1n) is 7.08. The Balaban J connectivity index is 0.000000154. The average Bonchev–Trinajstić information content (AvgIpc) is 2.56. The van der Waals surface area contributed by atoms with Gasteiger partial charge in [0.1, 0.15) is 11.5 Å². The van der Waals surface area contributed by atoms with E-state index >= 15 is 0 Å². The van der Waals surface area contributed by atoms with Crippen LogP contribution in [0, 0.1) is 0 Å². The topological polar surface area (TPSA) is 40.5 Å². The van der Waals surface area contributed by atoms with Gasteiger partial charge in [0.2, 0.25) is 0 Å². The molecule has 0 fully saturated rings. The average molecular weight is 288 g/mol. The van der Waals surface area contributed by atoms with Gasteiger partial charge in [-0.25, -0.2) is 0 Å². The highest BCUT2D eigenvalue weighted by atomic mass is 16.3. The predicted octanol–water partition coefficient (Wildman–Crippen LogP) is 5.09. The molecule has 2 heteroatoms. The van der Waals surface area contributed by atoms with Crippen LogP contribution in [0.4, 0.5) is 0 Å². The van der Waals surface area contributed by atoms with Gasteiger partial charge in [-0.15, -0.1) is 0 Å². The number of phenolic OH excluding ortho intramolecular Hbond substituents is 2. The van der Waals surface area contributed by atoms with Crippen LogP contribution in [0.5, 0.6) is 11.5 Å². The zero-order valence-corrected chi connectivity index (χ0v) is 12.0. The van der Waals surface area contributed by atoms with E-state index in [-0.39, 0.29) is 11.5 Å². The highest BCUT2D eigenvalue weighted by Crippen LogP contribution is 2.22. The molecule has 4 aromatic carbocycles. The van der Waals surface area contributed by atoms with Gasteiger partial charge in [0, 0.05) is 0 Å². The number of aromatic hydroxyl groups is 2. The lowest BCUT2D eigenvalue weighted by Gasteiger charge is -2.00. The summed E-state index contributed by atoms with van der Waals surface area (Å²) in [5, 5.41) is 22.5. The molecule has 108 valence electrons. The van der Waals surface area contributed by atoms with Gasteiger partial charge >= 0.3 is 0 Å². The predicted molar refractivity (Wildman–Crippen MR) is 91.2 cm³/mol. The fraction of sp³-hybridized carbons (Fsp3) is 0. The van der Waals surface area contributed by atoms with Gasteiger partial charge < -0.3 is 10.2 Å². The molecule has 0 heterocycles. The fourth-order valence-electron chi connectivity index (χ4n) is 2.34. The Morgan fingerprint density at radius 1 is 0.409 bits per heavy atom. The Hall–Kier alpha value is -3.00. The van der Waals surface area contributed by atoms with Gasteiger partial charge in [0.15, 0.2) is 0 Å².